The van der Waals surface area contributed by atoms with E-state index in [2.05, 4.69) is 10.6 Å². The molecule has 1 saturated carbocycles. The summed E-state index contributed by atoms with van der Waals surface area (Å²) in [6, 6.07) is 13.4. The molecule has 0 spiro atoms. The van der Waals surface area contributed by atoms with Crippen LogP contribution >= 0.6 is 0 Å². The summed E-state index contributed by atoms with van der Waals surface area (Å²) in [5.41, 5.74) is 2.21. The van der Waals surface area contributed by atoms with Crippen LogP contribution in [0.5, 0.6) is 0 Å². The molecule has 25 heavy (non-hydrogen) atoms. The van der Waals surface area contributed by atoms with Crippen LogP contribution in [-0.4, -0.2) is 18.4 Å². The number of nitrogens with one attached hydrogen (secondary N) is 2. The summed E-state index contributed by atoms with van der Waals surface area (Å²) in [5, 5.41) is 7.61. The van der Waals surface area contributed by atoms with Gasteiger partial charge in [0.1, 0.15) is 11.2 Å². The van der Waals surface area contributed by atoms with Crippen molar-refractivity contribution >= 4 is 39.4 Å². The van der Waals surface area contributed by atoms with Gasteiger partial charge in [0.15, 0.2) is 0 Å². The Morgan fingerprint density at radius 2 is 1.76 bits per heavy atom. The number of para-hydroxylation sites is 1. The first-order chi connectivity index (χ1) is 12.2. The second-order valence-electron chi connectivity index (χ2n) is 6.56. The highest BCUT2D eigenvalue weighted by molar-refractivity contribution is 6.06. The molecule has 0 unspecified atom stereocenters. The summed E-state index contributed by atoms with van der Waals surface area (Å²) in [5.74, 6) is -0.179. The average Bonchev–Trinajstić information content (AvgIpc) is 3.27. The minimum absolute atomic E-state index is 0.00645. The number of fused-ring (bicyclic) bond motifs is 3. The minimum atomic E-state index is -0.234. The molecule has 1 aromatic heterocycles. The fourth-order valence-electron chi connectivity index (χ4n) is 3.51. The zero-order valence-corrected chi connectivity index (χ0v) is 13.9. The zero-order chi connectivity index (χ0) is 17.2. The third kappa shape index (κ3) is 3.22. The van der Waals surface area contributed by atoms with E-state index in [1.54, 1.807) is 0 Å². The highest BCUT2D eigenvalue weighted by Crippen LogP contribution is 2.30. The molecule has 1 fully saturated rings. The molecule has 4 rings (SSSR count). The number of rotatable bonds is 4. The quantitative estimate of drug-likeness (QED) is 0.760. The van der Waals surface area contributed by atoms with Crippen LogP contribution in [0.3, 0.4) is 0 Å². The molecule has 5 nitrogen and oxygen atoms in total. The van der Waals surface area contributed by atoms with Gasteiger partial charge in [0.2, 0.25) is 11.8 Å². The van der Waals surface area contributed by atoms with Gasteiger partial charge in [0.05, 0.1) is 6.54 Å². The van der Waals surface area contributed by atoms with Gasteiger partial charge in [-0.3, -0.25) is 9.59 Å². The van der Waals surface area contributed by atoms with Gasteiger partial charge in [0.25, 0.3) is 0 Å². The Balaban J connectivity index is 1.42. The molecule has 128 valence electrons. The second-order valence-corrected chi connectivity index (χ2v) is 6.56. The Bertz CT molecular complexity index is 938. The van der Waals surface area contributed by atoms with E-state index >= 15 is 0 Å². The lowest BCUT2D eigenvalue weighted by molar-refractivity contribution is -0.127. The van der Waals surface area contributed by atoms with E-state index in [0.717, 1.165) is 47.6 Å². The van der Waals surface area contributed by atoms with Crippen molar-refractivity contribution < 1.29 is 14.0 Å². The minimum Gasteiger partial charge on any atom is -0.456 e. The Labute approximate surface area is 145 Å². The number of carbonyl (C=O) groups is 2. The average molecular weight is 336 g/mol. The molecule has 1 aliphatic rings. The summed E-state index contributed by atoms with van der Waals surface area (Å²) in [7, 11) is 0. The van der Waals surface area contributed by atoms with E-state index in [0.29, 0.717) is 5.69 Å². The van der Waals surface area contributed by atoms with E-state index in [-0.39, 0.29) is 24.3 Å². The maximum Gasteiger partial charge on any atom is 0.243 e. The SMILES string of the molecule is O=C(CNC(=O)C1CCCC1)Nc1ccc2c(c1)oc1ccccc12. The summed E-state index contributed by atoms with van der Waals surface area (Å²) < 4.78 is 5.82. The summed E-state index contributed by atoms with van der Waals surface area (Å²) in [6.45, 7) is -0.00645. The molecule has 0 bridgehead atoms. The Kier molecular flexibility index (Phi) is 4.14. The summed E-state index contributed by atoms with van der Waals surface area (Å²) in [4.78, 5) is 24.1. The molecule has 1 heterocycles. The first kappa shape index (κ1) is 15.7. The first-order valence-corrected chi connectivity index (χ1v) is 8.69. The summed E-state index contributed by atoms with van der Waals surface area (Å²) in [6.07, 6.45) is 4.05. The predicted molar refractivity (Wildman–Crippen MR) is 97.3 cm³/mol. The van der Waals surface area contributed by atoms with Crippen LogP contribution < -0.4 is 10.6 Å². The van der Waals surface area contributed by atoms with Crippen LogP contribution in [0.2, 0.25) is 0 Å². The number of amides is 2. The van der Waals surface area contributed by atoms with Crippen molar-refractivity contribution in [2.24, 2.45) is 5.92 Å². The Morgan fingerprint density at radius 1 is 1.00 bits per heavy atom. The normalized spacial score (nSPS) is 14.9. The standard InChI is InChI=1S/C20H20N2O3/c23-19(12-21-20(24)13-5-1-2-6-13)22-14-9-10-16-15-7-3-4-8-17(15)25-18(16)11-14/h3-4,7-11,13H,1-2,5-6,12H2,(H,21,24)(H,22,23). The van der Waals surface area contributed by atoms with Crippen LogP contribution in [0.15, 0.2) is 46.9 Å². The van der Waals surface area contributed by atoms with Gasteiger partial charge in [0, 0.05) is 28.4 Å². The molecule has 1 aliphatic carbocycles. The fraction of sp³-hybridized carbons (Fsp3) is 0.300. The van der Waals surface area contributed by atoms with E-state index < -0.39 is 0 Å². The van der Waals surface area contributed by atoms with Gasteiger partial charge in [-0.25, -0.2) is 0 Å². The third-order valence-corrected chi connectivity index (χ3v) is 4.81. The number of hydrogen-bond acceptors (Lipinski definition) is 3. The number of anilines is 1. The molecule has 0 aliphatic heterocycles. The molecule has 2 N–H and O–H groups in total. The maximum atomic E-state index is 12.1. The van der Waals surface area contributed by atoms with E-state index in [4.69, 9.17) is 4.42 Å². The predicted octanol–water partition coefficient (Wildman–Crippen LogP) is 3.83. The molecular formula is C20H20N2O3. The molecule has 0 radical (unpaired) electrons. The highest BCUT2D eigenvalue weighted by Gasteiger charge is 2.22. The number of benzene rings is 2. The second kappa shape index (κ2) is 6.59. The van der Waals surface area contributed by atoms with E-state index in [1.807, 2.05) is 42.5 Å². The molecule has 3 aromatic rings. The molecular weight excluding hydrogens is 316 g/mol. The number of furan rings is 1. The molecule has 0 atom stereocenters. The maximum absolute atomic E-state index is 12.1. The van der Waals surface area contributed by atoms with Gasteiger partial charge in [-0.05, 0) is 31.0 Å². The lowest BCUT2D eigenvalue weighted by Crippen LogP contribution is -2.36. The lowest BCUT2D eigenvalue weighted by atomic mass is 10.1. The van der Waals surface area contributed by atoms with Crippen LogP contribution in [0, 0.1) is 5.92 Å². The van der Waals surface area contributed by atoms with Gasteiger partial charge in [-0.1, -0.05) is 31.0 Å². The Morgan fingerprint density at radius 3 is 2.60 bits per heavy atom. The van der Waals surface area contributed by atoms with Crippen LogP contribution in [-0.2, 0) is 9.59 Å². The molecule has 0 saturated heterocycles. The zero-order valence-electron chi connectivity index (χ0n) is 13.9. The lowest BCUT2D eigenvalue weighted by Gasteiger charge is -2.10. The van der Waals surface area contributed by atoms with E-state index in [1.165, 1.54) is 0 Å². The number of carbonyl (C=O) groups excluding carboxylic acids is 2. The largest absolute Gasteiger partial charge is 0.456 e. The summed E-state index contributed by atoms with van der Waals surface area (Å²) >= 11 is 0. The van der Waals surface area contributed by atoms with Crippen molar-refractivity contribution in [3.8, 4) is 0 Å². The van der Waals surface area contributed by atoms with Gasteiger partial charge < -0.3 is 15.1 Å². The van der Waals surface area contributed by atoms with Crippen molar-refractivity contribution in [2.45, 2.75) is 25.7 Å². The Hall–Kier alpha value is -2.82. The van der Waals surface area contributed by atoms with Crippen LogP contribution in [0.1, 0.15) is 25.7 Å². The van der Waals surface area contributed by atoms with Crippen LogP contribution in [0.25, 0.3) is 21.9 Å². The molecule has 2 aromatic carbocycles. The molecule has 5 heteroatoms. The van der Waals surface area contributed by atoms with Crippen molar-refractivity contribution in [3.05, 3.63) is 42.5 Å². The van der Waals surface area contributed by atoms with Crippen LogP contribution in [0.4, 0.5) is 5.69 Å². The van der Waals surface area contributed by atoms with Gasteiger partial charge >= 0.3 is 0 Å². The van der Waals surface area contributed by atoms with E-state index in [9.17, 15) is 9.59 Å². The fourth-order valence-corrected chi connectivity index (χ4v) is 3.51. The third-order valence-electron chi connectivity index (χ3n) is 4.81. The van der Waals surface area contributed by atoms with Crippen molar-refractivity contribution in [3.63, 3.8) is 0 Å². The van der Waals surface area contributed by atoms with Crippen molar-refractivity contribution in [2.75, 3.05) is 11.9 Å². The van der Waals surface area contributed by atoms with Crippen molar-refractivity contribution in [1.82, 2.24) is 5.32 Å². The first-order valence-electron chi connectivity index (χ1n) is 8.69. The monoisotopic (exact) mass is 336 g/mol. The van der Waals surface area contributed by atoms with Gasteiger partial charge in [-0.2, -0.15) is 0 Å². The topological polar surface area (TPSA) is 71.3 Å². The van der Waals surface area contributed by atoms with Gasteiger partial charge in [-0.15, -0.1) is 0 Å². The highest BCUT2D eigenvalue weighted by atomic mass is 16.3. The number of hydrogen-bond donors (Lipinski definition) is 2. The van der Waals surface area contributed by atoms with Crippen molar-refractivity contribution in [1.29, 1.82) is 0 Å². The smallest absolute Gasteiger partial charge is 0.243 e. The molecule has 2 amide bonds.